The molecular weight excluding hydrogens is 404 g/mol. The normalized spacial score (nSPS) is 12.1. The zero-order chi connectivity index (χ0) is 22.1. The Morgan fingerprint density at radius 2 is 1.77 bits per heavy atom. The predicted molar refractivity (Wildman–Crippen MR) is 118 cm³/mol. The van der Waals surface area contributed by atoms with E-state index in [0.29, 0.717) is 29.4 Å². The van der Waals surface area contributed by atoms with Crippen molar-refractivity contribution >= 4 is 21.6 Å². The highest BCUT2D eigenvalue weighted by atomic mass is 32.2. The van der Waals surface area contributed by atoms with E-state index >= 15 is 0 Å². The summed E-state index contributed by atoms with van der Waals surface area (Å²) in [7, 11) is -3.76. The number of nitrogens with one attached hydrogen (secondary N) is 2. The minimum absolute atomic E-state index is 0.0911. The number of hydrogen-bond donors (Lipinski definition) is 2. The molecule has 0 aliphatic heterocycles. The predicted octanol–water partition coefficient (Wildman–Crippen LogP) is 3.88. The summed E-state index contributed by atoms with van der Waals surface area (Å²) in [6.45, 7) is 8.05. The van der Waals surface area contributed by atoms with Crippen LogP contribution in [0.3, 0.4) is 0 Å². The Labute approximate surface area is 178 Å². The fraction of sp³-hybridized carbons (Fsp3) is 0.409. The zero-order valence-corrected chi connectivity index (χ0v) is 18.7. The van der Waals surface area contributed by atoms with Crippen LogP contribution in [-0.2, 0) is 14.8 Å². The third-order valence-corrected chi connectivity index (χ3v) is 5.74. The number of ether oxygens (including phenoxy) is 2. The maximum atomic E-state index is 12.7. The molecule has 2 aromatic carbocycles. The minimum Gasteiger partial charge on any atom is -0.494 e. The van der Waals surface area contributed by atoms with Crippen LogP contribution >= 0.6 is 0 Å². The SMILES string of the molecule is CCC[C@@H](C)NC(=O)COc1ccc(S(=O)(=O)Nc2ccc(OCC)cc2)cc1C. The molecule has 0 radical (unpaired) electrons. The van der Waals surface area contributed by atoms with E-state index < -0.39 is 10.0 Å². The van der Waals surface area contributed by atoms with Gasteiger partial charge in [-0.15, -0.1) is 0 Å². The lowest BCUT2D eigenvalue weighted by atomic mass is 10.2. The number of aryl methyl sites for hydroxylation is 1. The summed E-state index contributed by atoms with van der Waals surface area (Å²) in [5.74, 6) is 0.934. The van der Waals surface area contributed by atoms with Gasteiger partial charge >= 0.3 is 0 Å². The lowest BCUT2D eigenvalue weighted by molar-refractivity contribution is -0.123. The second-order valence-electron chi connectivity index (χ2n) is 7.04. The van der Waals surface area contributed by atoms with Crippen molar-refractivity contribution in [2.24, 2.45) is 0 Å². The maximum absolute atomic E-state index is 12.7. The molecule has 164 valence electrons. The van der Waals surface area contributed by atoms with Crippen molar-refractivity contribution in [1.29, 1.82) is 0 Å². The Balaban J connectivity index is 2.01. The van der Waals surface area contributed by atoms with Gasteiger partial charge in [-0.1, -0.05) is 13.3 Å². The molecule has 0 unspecified atom stereocenters. The molecule has 2 rings (SSSR count). The number of anilines is 1. The summed E-state index contributed by atoms with van der Waals surface area (Å²) in [5, 5.41) is 2.87. The molecule has 0 aromatic heterocycles. The van der Waals surface area contributed by atoms with Gasteiger partial charge in [0.2, 0.25) is 0 Å². The van der Waals surface area contributed by atoms with Crippen molar-refractivity contribution in [3.05, 3.63) is 48.0 Å². The monoisotopic (exact) mass is 434 g/mol. The van der Waals surface area contributed by atoms with E-state index in [9.17, 15) is 13.2 Å². The first-order valence-corrected chi connectivity index (χ1v) is 11.5. The molecule has 30 heavy (non-hydrogen) atoms. The smallest absolute Gasteiger partial charge is 0.261 e. The number of benzene rings is 2. The molecule has 2 N–H and O–H groups in total. The number of rotatable bonds is 11. The van der Waals surface area contributed by atoms with E-state index in [2.05, 4.69) is 17.0 Å². The molecule has 2 aromatic rings. The number of hydrogen-bond acceptors (Lipinski definition) is 5. The Morgan fingerprint density at radius 3 is 2.37 bits per heavy atom. The molecule has 0 aliphatic carbocycles. The Morgan fingerprint density at radius 1 is 1.07 bits per heavy atom. The van der Waals surface area contributed by atoms with E-state index in [4.69, 9.17) is 9.47 Å². The first-order valence-electron chi connectivity index (χ1n) is 10.0. The topological polar surface area (TPSA) is 93.7 Å². The van der Waals surface area contributed by atoms with Gasteiger partial charge in [0.25, 0.3) is 15.9 Å². The second-order valence-corrected chi connectivity index (χ2v) is 8.72. The van der Waals surface area contributed by atoms with Crippen LogP contribution in [0, 0.1) is 6.92 Å². The van der Waals surface area contributed by atoms with Crippen LogP contribution in [0.5, 0.6) is 11.5 Å². The fourth-order valence-corrected chi connectivity index (χ4v) is 4.06. The molecule has 0 spiro atoms. The minimum atomic E-state index is -3.76. The van der Waals surface area contributed by atoms with Crippen LogP contribution in [0.4, 0.5) is 5.69 Å². The largest absolute Gasteiger partial charge is 0.494 e. The number of carbonyl (C=O) groups excluding carboxylic acids is 1. The van der Waals surface area contributed by atoms with Crippen LogP contribution in [-0.4, -0.2) is 33.6 Å². The van der Waals surface area contributed by atoms with Crippen LogP contribution in [0.1, 0.15) is 39.2 Å². The highest BCUT2D eigenvalue weighted by molar-refractivity contribution is 7.92. The molecule has 0 saturated carbocycles. The standard InChI is InChI=1S/C22H30N2O5S/c1-5-7-17(4)23-22(25)15-29-21-13-12-20(14-16(21)3)30(26,27)24-18-8-10-19(11-9-18)28-6-2/h8-14,17,24H,5-7,15H2,1-4H3,(H,23,25)/t17-/m1/s1. The summed E-state index contributed by atoms with van der Waals surface area (Å²) in [4.78, 5) is 12.1. The van der Waals surface area contributed by atoms with Crippen molar-refractivity contribution in [1.82, 2.24) is 5.32 Å². The van der Waals surface area contributed by atoms with E-state index in [-0.39, 0.29) is 23.5 Å². The van der Waals surface area contributed by atoms with Gasteiger partial charge in [0, 0.05) is 11.7 Å². The van der Waals surface area contributed by atoms with E-state index in [1.165, 1.54) is 12.1 Å². The highest BCUT2D eigenvalue weighted by Crippen LogP contribution is 2.24. The summed E-state index contributed by atoms with van der Waals surface area (Å²) >= 11 is 0. The third-order valence-electron chi connectivity index (χ3n) is 4.36. The summed E-state index contributed by atoms with van der Waals surface area (Å²) in [6.07, 6.45) is 1.89. The van der Waals surface area contributed by atoms with Gasteiger partial charge in [-0.2, -0.15) is 0 Å². The van der Waals surface area contributed by atoms with Crippen LogP contribution in [0.2, 0.25) is 0 Å². The van der Waals surface area contributed by atoms with Crippen molar-refractivity contribution in [3.8, 4) is 11.5 Å². The first-order chi connectivity index (χ1) is 14.2. The average molecular weight is 435 g/mol. The quantitative estimate of drug-likeness (QED) is 0.560. The van der Waals surface area contributed by atoms with Crippen LogP contribution in [0.15, 0.2) is 47.4 Å². The lowest BCUT2D eigenvalue weighted by Crippen LogP contribution is -2.36. The third kappa shape index (κ3) is 6.95. The molecule has 0 aliphatic rings. The molecule has 1 atom stereocenters. The van der Waals surface area contributed by atoms with Crippen molar-refractivity contribution in [3.63, 3.8) is 0 Å². The van der Waals surface area contributed by atoms with E-state index in [1.54, 1.807) is 37.3 Å². The van der Waals surface area contributed by atoms with Crippen LogP contribution < -0.4 is 19.5 Å². The second kappa shape index (κ2) is 10.9. The molecule has 7 nitrogen and oxygen atoms in total. The molecule has 0 bridgehead atoms. The fourth-order valence-electron chi connectivity index (χ4n) is 2.92. The molecule has 8 heteroatoms. The van der Waals surface area contributed by atoms with Gasteiger partial charge in [0.05, 0.1) is 11.5 Å². The van der Waals surface area contributed by atoms with Gasteiger partial charge in [0.1, 0.15) is 11.5 Å². The number of sulfonamides is 1. The lowest BCUT2D eigenvalue weighted by Gasteiger charge is -2.15. The average Bonchev–Trinajstić information content (AvgIpc) is 2.68. The van der Waals surface area contributed by atoms with Gasteiger partial charge in [-0.3, -0.25) is 9.52 Å². The van der Waals surface area contributed by atoms with Crippen molar-refractivity contribution in [2.45, 2.75) is 51.5 Å². The molecule has 0 heterocycles. The van der Waals surface area contributed by atoms with Gasteiger partial charge < -0.3 is 14.8 Å². The Kier molecular flexibility index (Phi) is 8.53. The van der Waals surface area contributed by atoms with Crippen molar-refractivity contribution < 1.29 is 22.7 Å². The molecular formula is C22H30N2O5S. The molecule has 0 saturated heterocycles. The summed E-state index contributed by atoms with van der Waals surface area (Å²) in [5.41, 5.74) is 1.06. The van der Waals surface area contributed by atoms with E-state index in [1.807, 2.05) is 13.8 Å². The zero-order valence-electron chi connectivity index (χ0n) is 17.9. The number of carbonyl (C=O) groups is 1. The highest BCUT2D eigenvalue weighted by Gasteiger charge is 2.16. The van der Waals surface area contributed by atoms with Gasteiger partial charge in [0.15, 0.2) is 6.61 Å². The molecule has 0 fully saturated rings. The van der Waals surface area contributed by atoms with Crippen molar-refractivity contribution in [2.75, 3.05) is 17.9 Å². The Hall–Kier alpha value is -2.74. The first kappa shape index (κ1) is 23.5. The van der Waals surface area contributed by atoms with E-state index in [0.717, 1.165) is 12.8 Å². The van der Waals surface area contributed by atoms with Crippen LogP contribution in [0.25, 0.3) is 0 Å². The van der Waals surface area contributed by atoms with Gasteiger partial charge in [-0.25, -0.2) is 8.42 Å². The Bertz CT molecular complexity index is 943. The summed E-state index contributed by atoms with van der Waals surface area (Å²) in [6, 6.07) is 11.3. The maximum Gasteiger partial charge on any atom is 0.261 e. The molecule has 1 amide bonds. The summed E-state index contributed by atoms with van der Waals surface area (Å²) < 4.78 is 38.8. The number of amides is 1. The van der Waals surface area contributed by atoms with Gasteiger partial charge in [-0.05, 0) is 75.2 Å².